The van der Waals surface area contributed by atoms with Crippen LogP contribution >= 0.6 is 0 Å². The third kappa shape index (κ3) is 4.15. The number of fused-ring (bicyclic) bond motifs is 1. The number of aryl methyl sites for hydroxylation is 4. The molecule has 0 saturated carbocycles. The number of likely N-dealkylation sites (tertiary alicyclic amines) is 1. The molecule has 1 aliphatic heterocycles. The Morgan fingerprint density at radius 3 is 3.00 bits per heavy atom. The fourth-order valence-electron chi connectivity index (χ4n) is 4.11. The molecule has 26 heavy (non-hydrogen) atoms. The molecule has 2 heterocycles. The number of aromatic nitrogens is 2. The molecule has 5 nitrogen and oxygen atoms in total. The van der Waals surface area contributed by atoms with Crippen LogP contribution in [0.15, 0.2) is 30.6 Å². The van der Waals surface area contributed by atoms with Crippen molar-refractivity contribution >= 4 is 5.97 Å². The molecular weight excluding hydrogens is 326 g/mol. The van der Waals surface area contributed by atoms with E-state index >= 15 is 0 Å². The summed E-state index contributed by atoms with van der Waals surface area (Å²) >= 11 is 0. The van der Waals surface area contributed by atoms with Crippen LogP contribution < -0.4 is 0 Å². The molecule has 0 N–H and O–H groups in total. The highest BCUT2D eigenvalue weighted by molar-refractivity contribution is 5.70. The molecule has 2 aliphatic rings. The summed E-state index contributed by atoms with van der Waals surface area (Å²) in [4.78, 5) is 14.5. The summed E-state index contributed by atoms with van der Waals surface area (Å²) in [6.07, 6.45) is 9.58. The zero-order valence-corrected chi connectivity index (χ0v) is 15.5. The van der Waals surface area contributed by atoms with Gasteiger partial charge in [-0.3, -0.25) is 14.4 Å². The average Bonchev–Trinajstić information content (AvgIpc) is 3.34. The molecule has 138 valence electrons. The van der Waals surface area contributed by atoms with Gasteiger partial charge in [0.2, 0.25) is 0 Å². The van der Waals surface area contributed by atoms with Crippen LogP contribution in [0.5, 0.6) is 0 Å². The molecule has 0 radical (unpaired) electrons. The number of carbonyl (C=O) groups excluding carboxylic acids is 1. The first kappa shape index (κ1) is 17.3. The van der Waals surface area contributed by atoms with Crippen molar-refractivity contribution in [3.8, 4) is 0 Å². The van der Waals surface area contributed by atoms with Gasteiger partial charge in [0.1, 0.15) is 6.10 Å². The van der Waals surface area contributed by atoms with Gasteiger partial charge in [0, 0.05) is 39.3 Å². The van der Waals surface area contributed by atoms with Crippen molar-refractivity contribution in [2.75, 3.05) is 13.1 Å². The Bertz CT molecular complexity index is 783. The van der Waals surface area contributed by atoms with Gasteiger partial charge in [-0.25, -0.2) is 0 Å². The van der Waals surface area contributed by atoms with E-state index < -0.39 is 0 Å². The lowest BCUT2D eigenvalue weighted by atomic mass is 10.1. The quantitative estimate of drug-likeness (QED) is 0.749. The highest BCUT2D eigenvalue weighted by Gasteiger charge is 2.25. The van der Waals surface area contributed by atoms with E-state index in [-0.39, 0.29) is 12.1 Å². The van der Waals surface area contributed by atoms with E-state index in [4.69, 9.17) is 4.74 Å². The largest absolute Gasteiger partial charge is 0.461 e. The normalized spacial score (nSPS) is 19.7. The van der Waals surface area contributed by atoms with Gasteiger partial charge in [0.05, 0.1) is 6.20 Å². The van der Waals surface area contributed by atoms with Crippen LogP contribution in [0, 0.1) is 0 Å². The predicted octanol–water partition coefficient (Wildman–Crippen LogP) is 2.66. The lowest BCUT2D eigenvalue weighted by Crippen LogP contribution is -2.25. The minimum Gasteiger partial charge on any atom is -0.461 e. The molecule has 2 aromatic rings. The van der Waals surface area contributed by atoms with Crippen LogP contribution in [0.2, 0.25) is 0 Å². The number of esters is 1. The van der Waals surface area contributed by atoms with Gasteiger partial charge in [0.25, 0.3) is 0 Å². The lowest BCUT2D eigenvalue weighted by Gasteiger charge is -2.17. The predicted molar refractivity (Wildman–Crippen MR) is 99.8 cm³/mol. The maximum atomic E-state index is 12.1. The number of carbonyl (C=O) groups is 1. The van der Waals surface area contributed by atoms with Crippen molar-refractivity contribution in [3.63, 3.8) is 0 Å². The molecule has 5 heteroatoms. The molecule has 0 bridgehead atoms. The lowest BCUT2D eigenvalue weighted by molar-refractivity contribution is -0.148. The monoisotopic (exact) mass is 353 g/mol. The molecule has 1 aromatic carbocycles. The molecule has 1 aromatic heterocycles. The Balaban J connectivity index is 1.22. The molecule has 4 rings (SSSR count). The molecule has 1 saturated heterocycles. The Morgan fingerprint density at radius 1 is 1.27 bits per heavy atom. The Morgan fingerprint density at radius 2 is 2.15 bits per heavy atom. The van der Waals surface area contributed by atoms with Crippen molar-refractivity contribution in [2.24, 2.45) is 7.05 Å². The number of hydrogen-bond donors (Lipinski definition) is 0. The molecule has 1 aliphatic carbocycles. The zero-order valence-electron chi connectivity index (χ0n) is 15.5. The number of ether oxygens (including phenoxy) is 1. The van der Waals surface area contributed by atoms with E-state index in [1.165, 1.54) is 36.0 Å². The summed E-state index contributed by atoms with van der Waals surface area (Å²) in [6, 6.07) is 6.93. The van der Waals surface area contributed by atoms with Gasteiger partial charge in [-0.05, 0) is 54.4 Å². The van der Waals surface area contributed by atoms with Gasteiger partial charge in [-0.15, -0.1) is 0 Å². The summed E-state index contributed by atoms with van der Waals surface area (Å²) in [7, 11) is 1.88. The van der Waals surface area contributed by atoms with Gasteiger partial charge in [-0.1, -0.05) is 18.2 Å². The topological polar surface area (TPSA) is 47.4 Å². The van der Waals surface area contributed by atoms with Crippen LogP contribution in [-0.2, 0) is 42.4 Å². The van der Waals surface area contributed by atoms with Gasteiger partial charge in [-0.2, -0.15) is 5.10 Å². The smallest absolute Gasteiger partial charge is 0.306 e. The first-order valence-corrected chi connectivity index (χ1v) is 9.66. The highest BCUT2D eigenvalue weighted by Crippen LogP contribution is 2.24. The first-order chi connectivity index (χ1) is 12.7. The summed E-state index contributed by atoms with van der Waals surface area (Å²) in [6.45, 7) is 2.80. The van der Waals surface area contributed by atoms with Gasteiger partial charge in [0.15, 0.2) is 0 Å². The zero-order chi connectivity index (χ0) is 17.9. The minimum absolute atomic E-state index is 0.0332. The second-order valence-corrected chi connectivity index (χ2v) is 7.61. The van der Waals surface area contributed by atoms with E-state index in [1.807, 2.05) is 13.2 Å². The Kier molecular flexibility index (Phi) is 5.07. The van der Waals surface area contributed by atoms with E-state index in [2.05, 4.69) is 28.2 Å². The van der Waals surface area contributed by atoms with Gasteiger partial charge >= 0.3 is 5.97 Å². The number of benzene rings is 1. The fourth-order valence-corrected chi connectivity index (χ4v) is 4.11. The number of nitrogens with zero attached hydrogens (tertiary/aromatic N) is 3. The van der Waals surface area contributed by atoms with Crippen molar-refractivity contribution in [3.05, 3.63) is 52.8 Å². The SMILES string of the molecule is Cn1cc(CCC(=O)OC2CCN(Cc3ccc4c(c3)CCC4)C2)cn1. The minimum atomic E-state index is -0.0989. The fraction of sp³-hybridized carbons (Fsp3) is 0.524. The van der Waals surface area contributed by atoms with Crippen LogP contribution in [0.25, 0.3) is 0 Å². The third-order valence-electron chi connectivity index (χ3n) is 5.47. The van der Waals surface area contributed by atoms with Crippen LogP contribution in [-0.4, -0.2) is 39.8 Å². The number of rotatable bonds is 6. The van der Waals surface area contributed by atoms with Crippen molar-refractivity contribution in [1.29, 1.82) is 0 Å². The third-order valence-corrected chi connectivity index (χ3v) is 5.47. The second-order valence-electron chi connectivity index (χ2n) is 7.61. The maximum Gasteiger partial charge on any atom is 0.306 e. The standard InChI is InChI=1S/C21H27N3O2/c1-23-13-17(12-22-23)6-8-21(25)26-20-9-10-24(15-20)14-16-5-7-18-3-2-4-19(18)11-16/h5,7,11-13,20H,2-4,6,8-10,14-15H2,1H3. The van der Waals surface area contributed by atoms with E-state index in [0.717, 1.165) is 31.6 Å². The molecule has 1 atom stereocenters. The number of hydrogen-bond acceptors (Lipinski definition) is 4. The van der Waals surface area contributed by atoms with Crippen LogP contribution in [0.1, 0.15) is 41.5 Å². The van der Waals surface area contributed by atoms with Crippen molar-refractivity contribution < 1.29 is 9.53 Å². The summed E-state index contributed by atoms with van der Waals surface area (Å²) < 4.78 is 7.43. The summed E-state index contributed by atoms with van der Waals surface area (Å²) in [5.41, 5.74) is 5.51. The van der Waals surface area contributed by atoms with Crippen LogP contribution in [0.4, 0.5) is 0 Å². The van der Waals surface area contributed by atoms with Crippen molar-refractivity contribution in [2.45, 2.75) is 51.2 Å². The molecular formula is C21H27N3O2. The van der Waals surface area contributed by atoms with Crippen molar-refractivity contribution in [1.82, 2.24) is 14.7 Å². The van der Waals surface area contributed by atoms with E-state index in [9.17, 15) is 4.79 Å². The maximum absolute atomic E-state index is 12.1. The van der Waals surface area contributed by atoms with Crippen LogP contribution in [0.3, 0.4) is 0 Å². The second kappa shape index (κ2) is 7.62. The molecule has 1 unspecified atom stereocenters. The van der Waals surface area contributed by atoms with Gasteiger partial charge < -0.3 is 4.74 Å². The molecule has 0 amide bonds. The van der Waals surface area contributed by atoms with E-state index in [1.54, 1.807) is 10.9 Å². The molecule has 0 spiro atoms. The summed E-state index contributed by atoms with van der Waals surface area (Å²) in [5.74, 6) is -0.0989. The first-order valence-electron chi connectivity index (χ1n) is 9.66. The summed E-state index contributed by atoms with van der Waals surface area (Å²) in [5, 5.41) is 4.13. The highest BCUT2D eigenvalue weighted by atomic mass is 16.5. The average molecular weight is 353 g/mol. The molecule has 1 fully saturated rings. The Hall–Kier alpha value is -2.14. The Labute approximate surface area is 154 Å². The van der Waals surface area contributed by atoms with E-state index in [0.29, 0.717) is 12.8 Å².